The Hall–Kier alpha value is -2.50. The van der Waals surface area contributed by atoms with E-state index in [1.807, 2.05) is 5.32 Å². The molecular weight excluding hydrogens is 402 g/mol. The number of benzene rings is 1. The Morgan fingerprint density at radius 3 is 2.48 bits per heavy atom. The zero-order valence-corrected chi connectivity index (χ0v) is 17.4. The van der Waals surface area contributed by atoms with Gasteiger partial charge in [0, 0.05) is 19.1 Å². The summed E-state index contributed by atoms with van der Waals surface area (Å²) >= 11 is 0. The first kappa shape index (κ1) is 22.8. The zero-order chi connectivity index (χ0) is 21.6. The third-order valence-electron chi connectivity index (χ3n) is 4.04. The van der Waals surface area contributed by atoms with Crippen molar-refractivity contribution >= 4 is 27.9 Å². The van der Waals surface area contributed by atoms with Crippen molar-refractivity contribution in [1.82, 2.24) is 14.9 Å². The van der Waals surface area contributed by atoms with E-state index >= 15 is 0 Å². The molecule has 1 aromatic rings. The van der Waals surface area contributed by atoms with Crippen molar-refractivity contribution in [2.75, 3.05) is 32.9 Å². The maximum absolute atomic E-state index is 12.8. The molecule has 0 aliphatic carbocycles. The molecule has 0 saturated carbocycles. The predicted molar refractivity (Wildman–Crippen MR) is 103 cm³/mol. The van der Waals surface area contributed by atoms with Crippen LogP contribution in [-0.4, -0.2) is 69.6 Å². The number of urea groups is 1. The number of hydrogen-bond acceptors (Lipinski definition) is 7. The molecular formula is C18H25N3O7S. The number of hydrogen-bond donors (Lipinski definition) is 2. The van der Waals surface area contributed by atoms with E-state index in [0.29, 0.717) is 18.8 Å². The highest BCUT2D eigenvalue weighted by Gasteiger charge is 2.27. The highest BCUT2D eigenvalue weighted by molar-refractivity contribution is 7.89. The molecule has 0 atom stereocenters. The fourth-order valence-corrected chi connectivity index (χ4v) is 4.02. The number of amides is 3. The van der Waals surface area contributed by atoms with E-state index in [0.717, 1.165) is 0 Å². The number of carbonyl (C=O) groups excluding carboxylic acids is 3. The van der Waals surface area contributed by atoms with Gasteiger partial charge in [0.15, 0.2) is 6.61 Å². The molecule has 10 nitrogen and oxygen atoms in total. The van der Waals surface area contributed by atoms with Crippen LogP contribution in [-0.2, 0) is 24.3 Å². The van der Waals surface area contributed by atoms with Gasteiger partial charge in [-0.25, -0.2) is 18.0 Å². The molecule has 29 heavy (non-hydrogen) atoms. The van der Waals surface area contributed by atoms with Gasteiger partial charge in [-0.15, -0.1) is 0 Å². The third-order valence-corrected chi connectivity index (χ3v) is 5.94. The first-order valence-corrected chi connectivity index (χ1v) is 10.5. The lowest BCUT2D eigenvalue weighted by molar-refractivity contribution is -0.123. The molecule has 0 bridgehead atoms. The smallest absolute Gasteiger partial charge is 0.338 e. The van der Waals surface area contributed by atoms with Crippen molar-refractivity contribution < 1.29 is 32.3 Å². The van der Waals surface area contributed by atoms with Crippen LogP contribution in [0.3, 0.4) is 0 Å². The number of nitrogens with one attached hydrogen (secondary N) is 2. The molecule has 0 radical (unpaired) electrons. The van der Waals surface area contributed by atoms with Gasteiger partial charge in [0.1, 0.15) is 0 Å². The molecule has 2 N–H and O–H groups in total. The number of carbonyl (C=O) groups is 3. The second-order valence-electron chi connectivity index (χ2n) is 6.75. The van der Waals surface area contributed by atoms with Crippen molar-refractivity contribution in [3.63, 3.8) is 0 Å². The Bertz CT molecular complexity index is 877. The summed E-state index contributed by atoms with van der Waals surface area (Å²) in [4.78, 5) is 35.5. The topological polar surface area (TPSA) is 131 Å². The molecule has 160 valence electrons. The van der Waals surface area contributed by atoms with Gasteiger partial charge in [-0.1, -0.05) is 6.07 Å². The van der Waals surface area contributed by atoms with Crippen LogP contribution in [0.4, 0.5) is 4.79 Å². The van der Waals surface area contributed by atoms with Gasteiger partial charge in [-0.3, -0.25) is 10.1 Å². The number of imide groups is 1. The van der Waals surface area contributed by atoms with Gasteiger partial charge in [-0.2, -0.15) is 4.31 Å². The monoisotopic (exact) mass is 427 g/mol. The molecule has 1 fully saturated rings. The molecule has 11 heteroatoms. The van der Waals surface area contributed by atoms with Crippen LogP contribution in [0, 0.1) is 6.92 Å². The van der Waals surface area contributed by atoms with Crippen LogP contribution in [0.25, 0.3) is 0 Å². The summed E-state index contributed by atoms with van der Waals surface area (Å²) in [5, 5.41) is 4.50. The Morgan fingerprint density at radius 2 is 1.86 bits per heavy atom. The number of morpholine rings is 1. The number of sulfonamides is 1. The SMILES string of the molecule is Cc1ccc(S(=O)(=O)N2CCOCC2)cc1C(=O)OCC(=O)NC(=O)NC(C)C. The third kappa shape index (κ3) is 6.24. The predicted octanol–water partition coefficient (Wildman–Crippen LogP) is 0.407. The van der Waals surface area contributed by atoms with E-state index < -0.39 is 34.5 Å². The van der Waals surface area contributed by atoms with Crippen LogP contribution in [0.15, 0.2) is 23.1 Å². The van der Waals surface area contributed by atoms with E-state index in [-0.39, 0.29) is 29.6 Å². The summed E-state index contributed by atoms with van der Waals surface area (Å²) in [6.07, 6.45) is 0. The van der Waals surface area contributed by atoms with E-state index in [9.17, 15) is 22.8 Å². The summed E-state index contributed by atoms with van der Waals surface area (Å²) in [5.41, 5.74) is 0.521. The quantitative estimate of drug-likeness (QED) is 0.629. The lowest BCUT2D eigenvalue weighted by Gasteiger charge is -2.26. The number of ether oxygens (including phenoxy) is 2. The van der Waals surface area contributed by atoms with Crippen molar-refractivity contribution in [2.24, 2.45) is 0 Å². The van der Waals surface area contributed by atoms with Gasteiger partial charge < -0.3 is 14.8 Å². The van der Waals surface area contributed by atoms with Gasteiger partial charge in [0.25, 0.3) is 5.91 Å². The Kier molecular flexibility index (Phi) is 7.71. The average Bonchev–Trinajstić information content (AvgIpc) is 2.66. The van der Waals surface area contributed by atoms with E-state index in [4.69, 9.17) is 9.47 Å². The minimum absolute atomic E-state index is 0.0266. The number of esters is 1. The standard InChI is InChI=1S/C18H25N3O7S/c1-12(2)19-18(24)20-16(22)11-28-17(23)15-10-14(5-4-13(15)3)29(25,26)21-6-8-27-9-7-21/h4-5,10,12H,6-9,11H2,1-3H3,(H2,19,20,22,24). The van der Waals surface area contributed by atoms with Crippen LogP contribution in [0.5, 0.6) is 0 Å². The first-order valence-electron chi connectivity index (χ1n) is 9.07. The van der Waals surface area contributed by atoms with Crippen molar-refractivity contribution in [2.45, 2.75) is 31.7 Å². The maximum atomic E-state index is 12.8. The Labute approximate surface area is 169 Å². The van der Waals surface area contributed by atoms with Crippen molar-refractivity contribution in [3.8, 4) is 0 Å². The fraction of sp³-hybridized carbons (Fsp3) is 0.500. The highest BCUT2D eigenvalue weighted by atomic mass is 32.2. The van der Waals surface area contributed by atoms with Crippen LogP contribution in [0.1, 0.15) is 29.8 Å². The van der Waals surface area contributed by atoms with Crippen LogP contribution >= 0.6 is 0 Å². The summed E-state index contributed by atoms with van der Waals surface area (Å²) in [7, 11) is -3.78. The molecule has 1 heterocycles. The second-order valence-corrected chi connectivity index (χ2v) is 8.68. The number of aryl methyl sites for hydroxylation is 1. The van der Waals surface area contributed by atoms with Gasteiger partial charge >= 0.3 is 12.0 Å². The van der Waals surface area contributed by atoms with E-state index in [1.165, 1.54) is 22.5 Å². The number of rotatable bonds is 6. The minimum Gasteiger partial charge on any atom is -0.452 e. The average molecular weight is 427 g/mol. The second kappa shape index (κ2) is 9.81. The Morgan fingerprint density at radius 1 is 1.21 bits per heavy atom. The summed E-state index contributed by atoms with van der Waals surface area (Å²) in [5.74, 6) is -1.66. The van der Waals surface area contributed by atoms with Crippen LogP contribution in [0.2, 0.25) is 0 Å². The molecule has 3 amide bonds. The molecule has 2 rings (SSSR count). The fourth-order valence-electron chi connectivity index (χ4n) is 2.59. The van der Waals surface area contributed by atoms with Gasteiger partial charge in [-0.05, 0) is 38.5 Å². The molecule has 1 aromatic carbocycles. The summed E-state index contributed by atoms with van der Waals surface area (Å²) in [6.45, 7) is 5.47. The summed E-state index contributed by atoms with van der Waals surface area (Å²) in [6, 6.07) is 3.28. The molecule has 1 aliphatic rings. The number of nitrogens with zero attached hydrogens (tertiary/aromatic N) is 1. The largest absolute Gasteiger partial charge is 0.452 e. The van der Waals surface area contributed by atoms with E-state index in [2.05, 4.69) is 5.32 Å². The lowest BCUT2D eigenvalue weighted by atomic mass is 10.1. The molecule has 1 saturated heterocycles. The zero-order valence-electron chi connectivity index (χ0n) is 16.6. The highest BCUT2D eigenvalue weighted by Crippen LogP contribution is 2.21. The lowest BCUT2D eigenvalue weighted by Crippen LogP contribution is -2.44. The maximum Gasteiger partial charge on any atom is 0.338 e. The molecule has 1 aliphatic heterocycles. The normalized spacial score (nSPS) is 15.0. The van der Waals surface area contributed by atoms with Gasteiger partial charge in [0.05, 0.1) is 23.7 Å². The first-order chi connectivity index (χ1) is 13.6. The van der Waals surface area contributed by atoms with Crippen molar-refractivity contribution in [3.05, 3.63) is 29.3 Å². The van der Waals surface area contributed by atoms with E-state index in [1.54, 1.807) is 20.8 Å². The molecule has 0 unspecified atom stereocenters. The summed E-state index contributed by atoms with van der Waals surface area (Å²) < 4.78 is 36.9. The Balaban J connectivity index is 2.06. The van der Waals surface area contributed by atoms with Crippen molar-refractivity contribution in [1.29, 1.82) is 0 Å². The van der Waals surface area contributed by atoms with Gasteiger partial charge in [0.2, 0.25) is 10.0 Å². The molecule has 0 spiro atoms. The van der Waals surface area contributed by atoms with Crippen LogP contribution < -0.4 is 10.6 Å². The minimum atomic E-state index is -3.78. The molecule has 0 aromatic heterocycles.